The summed E-state index contributed by atoms with van der Waals surface area (Å²) in [5.74, 6) is -1.05. The van der Waals surface area contributed by atoms with Crippen molar-refractivity contribution in [1.82, 2.24) is 5.32 Å². The number of halogens is 1. The van der Waals surface area contributed by atoms with Gasteiger partial charge in [0, 0.05) is 11.6 Å². The van der Waals surface area contributed by atoms with Gasteiger partial charge >= 0.3 is 5.97 Å². The third-order valence-corrected chi connectivity index (χ3v) is 3.39. The van der Waals surface area contributed by atoms with Gasteiger partial charge in [-0.15, -0.1) is 0 Å². The standard InChI is InChI=1S/C17H13ClN2O3/c18-15-4-2-1-3-14(15)10-20-16(21)11-23-17(22)13-7-5-12(9-19)6-8-13/h1-8H,10-11H2,(H,20,21). The first-order valence-corrected chi connectivity index (χ1v) is 7.15. The fourth-order valence-electron chi connectivity index (χ4n) is 1.78. The summed E-state index contributed by atoms with van der Waals surface area (Å²) in [6.07, 6.45) is 0. The summed E-state index contributed by atoms with van der Waals surface area (Å²) in [5.41, 5.74) is 1.50. The summed E-state index contributed by atoms with van der Waals surface area (Å²) >= 11 is 5.98. The SMILES string of the molecule is N#Cc1ccc(C(=O)OCC(=O)NCc2ccccc2Cl)cc1. The van der Waals surface area contributed by atoms with E-state index in [0.717, 1.165) is 5.56 Å². The molecule has 116 valence electrons. The lowest BCUT2D eigenvalue weighted by molar-refractivity contribution is -0.124. The summed E-state index contributed by atoms with van der Waals surface area (Å²) in [4.78, 5) is 23.5. The van der Waals surface area contributed by atoms with E-state index in [-0.39, 0.29) is 18.7 Å². The number of esters is 1. The molecule has 0 atom stereocenters. The molecule has 6 heteroatoms. The van der Waals surface area contributed by atoms with Crippen LogP contribution in [0.1, 0.15) is 21.5 Å². The molecule has 23 heavy (non-hydrogen) atoms. The molecule has 0 heterocycles. The number of hydrogen-bond acceptors (Lipinski definition) is 4. The number of ether oxygens (including phenoxy) is 1. The van der Waals surface area contributed by atoms with Crippen molar-refractivity contribution in [3.8, 4) is 6.07 Å². The van der Waals surface area contributed by atoms with Crippen LogP contribution in [0, 0.1) is 11.3 Å². The monoisotopic (exact) mass is 328 g/mol. The Balaban J connectivity index is 1.80. The Morgan fingerprint density at radius 2 is 1.83 bits per heavy atom. The summed E-state index contributed by atoms with van der Waals surface area (Å²) in [6, 6.07) is 15.1. The van der Waals surface area contributed by atoms with Gasteiger partial charge in [-0.2, -0.15) is 5.26 Å². The van der Waals surface area contributed by atoms with E-state index in [1.165, 1.54) is 24.3 Å². The molecule has 1 amide bonds. The predicted octanol–water partition coefficient (Wildman–Crippen LogP) is 2.68. The molecule has 0 saturated carbocycles. The van der Waals surface area contributed by atoms with Gasteiger partial charge in [-0.1, -0.05) is 29.8 Å². The van der Waals surface area contributed by atoms with Gasteiger partial charge in [0.1, 0.15) is 0 Å². The molecule has 0 saturated heterocycles. The van der Waals surface area contributed by atoms with Crippen LogP contribution >= 0.6 is 11.6 Å². The topological polar surface area (TPSA) is 79.2 Å². The maximum absolute atomic E-state index is 11.8. The molecule has 2 aromatic carbocycles. The minimum Gasteiger partial charge on any atom is -0.452 e. The van der Waals surface area contributed by atoms with Crippen LogP contribution in [0.15, 0.2) is 48.5 Å². The number of rotatable bonds is 5. The lowest BCUT2D eigenvalue weighted by Gasteiger charge is -2.08. The Morgan fingerprint density at radius 1 is 1.13 bits per heavy atom. The smallest absolute Gasteiger partial charge is 0.338 e. The van der Waals surface area contributed by atoms with Crippen LogP contribution in [0.5, 0.6) is 0 Å². The number of amides is 1. The molecule has 0 aromatic heterocycles. The van der Waals surface area contributed by atoms with Crippen LogP contribution in [-0.2, 0) is 16.1 Å². The molecule has 0 radical (unpaired) electrons. The van der Waals surface area contributed by atoms with Gasteiger partial charge < -0.3 is 10.1 Å². The van der Waals surface area contributed by atoms with Gasteiger partial charge in [-0.3, -0.25) is 4.79 Å². The highest BCUT2D eigenvalue weighted by molar-refractivity contribution is 6.31. The third kappa shape index (κ3) is 4.83. The highest BCUT2D eigenvalue weighted by Gasteiger charge is 2.10. The van der Waals surface area contributed by atoms with E-state index < -0.39 is 11.9 Å². The average molecular weight is 329 g/mol. The van der Waals surface area contributed by atoms with Crippen molar-refractivity contribution < 1.29 is 14.3 Å². The van der Waals surface area contributed by atoms with E-state index >= 15 is 0 Å². The minimum absolute atomic E-state index is 0.257. The Kier molecular flexibility index (Phi) is 5.73. The summed E-state index contributed by atoms with van der Waals surface area (Å²) in [6.45, 7) is -0.129. The van der Waals surface area contributed by atoms with Crippen molar-refractivity contribution in [2.45, 2.75) is 6.54 Å². The Bertz CT molecular complexity index is 751. The van der Waals surface area contributed by atoms with Crippen molar-refractivity contribution >= 4 is 23.5 Å². The quantitative estimate of drug-likeness (QED) is 0.856. The molecule has 0 unspecified atom stereocenters. The first-order valence-electron chi connectivity index (χ1n) is 6.77. The Hall–Kier alpha value is -2.84. The second-order valence-corrected chi connectivity index (χ2v) is 5.04. The molecule has 0 bridgehead atoms. The van der Waals surface area contributed by atoms with E-state index in [2.05, 4.69) is 5.32 Å². The predicted molar refractivity (Wildman–Crippen MR) is 84.7 cm³/mol. The van der Waals surface area contributed by atoms with Crippen LogP contribution in [0.3, 0.4) is 0 Å². The number of carbonyl (C=O) groups is 2. The maximum atomic E-state index is 11.8. The van der Waals surface area contributed by atoms with Crippen LogP contribution in [0.4, 0.5) is 0 Å². The van der Waals surface area contributed by atoms with Crippen molar-refractivity contribution in [1.29, 1.82) is 5.26 Å². The summed E-state index contributed by atoms with van der Waals surface area (Å²) < 4.78 is 4.92. The molecular formula is C17H13ClN2O3. The van der Waals surface area contributed by atoms with Gasteiger partial charge in [0.2, 0.25) is 0 Å². The molecule has 0 aliphatic heterocycles. The first-order chi connectivity index (χ1) is 11.1. The van der Waals surface area contributed by atoms with Gasteiger partial charge in [-0.05, 0) is 35.9 Å². The number of benzene rings is 2. The van der Waals surface area contributed by atoms with E-state index in [9.17, 15) is 9.59 Å². The van der Waals surface area contributed by atoms with Crippen molar-refractivity contribution in [3.05, 3.63) is 70.2 Å². The molecule has 0 aliphatic carbocycles. The maximum Gasteiger partial charge on any atom is 0.338 e. The highest BCUT2D eigenvalue weighted by atomic mass is 35.5. The van der Waals surface area contributed by atoms with Crippen molar-refractivity contribution in [2.24, 2.45) is 0 Å². The zero-order chi connectivity index (χ0) is 16.7. The van der Waals surface area contributed by atoms with Crippen LogP contribution in [0.2, 0.25) is 5.02 Å². The fourth-order valence-corrected chi connectivity index (χ4v) is 1.98. The Labute approximate surface area is 138 Å². The lowest BCUT2D eigenvalue weighted by Crippen LogP contribution is -2.28. The molecule has 1 N–H and O–H groups in total. The number of nitrogens with zero attached hydrogens (tertiary/aromatic N) is 1. The van der Waals surface area contributed by atoms with Gasteiger partial charge in [-0.25, -0.2) is 4.79 Å². The number of nitriles is 1. The van der Waals surface area contributed by atoms with Crippen LogP contribution < -0.4 is 5.32 Å². The largest absolute Gasteiger partial charge is 0.452 e. The summed E-state index contributed by atoms with van der Waals surface area (Å²) in [5, 5.41) is 11.9. The molecular weight excluding hydrogens is 316 g/mol. The molecule has 2 aromatic rings. The van der Waals surface area contributed by atoms with E-state index in [0.29, 0.717) is 10.6 Å². The zero-order valence-electron chi connectivity index (χ0n) is 12.1. The highest BCUT2D eigenvalue weighted by Crippen LogP contribution is 2.14. The van der Waals surface area contributed by atoms with E-state index in [1.807, 2.05) is 12.1 Å². The van der Waals surface area contributed by atoms with Gasteiger partial charge in [0.25, 0.3) is 5.91 Å². The second-order valence-electron chi connectivity index (χ2n) is 4.63. The number of hydrogen-bond donors (Lipinski definition) is 1. The first kappa shape index (κ1) is 16.5. The molecule has 0 aliphatic rings. The van der Waals surface area contributed by atoms with Crippen molar-refractivity contribution in [2.75, 3.05) is 6.61 Å². The molecule has 2 rings (SSSR count). The molecule has 5 nitrogen and oxygen atoms in total. The minimum atomic E-state index is -0.623. The number of carbonyl (C=O) groups excluding carboxylic acids is 2. The molecule has 0 spiro atoms. The van der Waals surface area contributed by atoms with E-state index in [4.69, 9.17) is 21.6 Å². The average Bonchev–Trinajstić information content (AvgIpc) is 2.59. The normalized spacial score (nSPS) is 9.74. The summed E-state index contributed by atoms with van der Waals surface area (Å²) in [7, 11) is 0. The molecule has 0 fully saturated rings. The third-order valence-electron chi connectivity index (χ3n) is 3.02. The number of nitrogens with one attached hydrogen (secondary N) is 1. The van der Waals surface area contributed by atoms with Gasteiger partial charge in [0.15, 0.2) is 6.61 Å². The second kappa shape index (κ2) is 7.97. The zero-order valence-corrected chi connectivity index (χ0v) is 12.8. The van der Waals surface area contributed by atoms with Crippen LogP contribution in [0.25, 0.3) is 0 Å². The lowest BCUT2D eigenvalue weighted by atomic mass is 10.1. The fraction of sp³-hybridized carbons (Fsp3) is 0.118. The van der Waals surface area contributed by atoms with Gasteiger partial charge in [0.05, 0.1) is 17.2 Å². The Morgan fingerprint density at radius 3 is 2.48 bits per heavy atom. The van der Waals surface area contributed by atoms with Crippen molar-refractivity contribution in [3.63, 3.8) is 0 Å². The van der Waals surface area contributed by atoms with E-state index in [1.54, 1.807) is 18.2 Å². The van der Waals surface area contributed by atoms with Crippen LogP contribution in [-0.4, -0.2) is 18.5 Å².